The Bertz CT molecular complexity index is 1580. The van der Waals surface area contributed by atoms with Crippen molar-refractivity contribution >= 4 is 11.8 Å². The molecule has 0 radical (unpaired) electrons. The molecular formula is C36H36F3N3O3. The van der Waals surface area contributed by atoms with E-state index in [1.807, 2.05) is 65.6 Å². The van der Waals surface area contributed by atoms with Crippen molar-refractivity contribution in [2.75, 3.05) is 13.1 Å². The molecule has 1 saturated heterocycles. The van der Waals surface area contributed by atoms with E-state index in [1.165, 1.54) is 6.07 Å². The first kappa shape index (κ1) is 31.9. The number of likely N-dealkylation sites (tertiary alicyclic amines) is 1. The monoisotopic (exact) mass is 615 g/mol. The molecule has 0 unspecified atom stereocenters. The van der Waals surface area contributed by atoms with Crippen LogP contribution in [-0.2, 0) is 19.1 Å². The maximum Gasteiger partial charge on any atom is 0.416 e. The Morgan fingerprint density at radius 2 is 1.51 bits per heavy atom. The molecule has 1 aliphatic heterocycles. The molecule has 6 nitrogen and oxygen atoms in total. The zero-order chi connectivity index (χ0) is 31.8. The lowest BCUT2D eigenvalue weighted by atomic mass is 10.00. The molecule has 5 rings (SSSR count). The van der Waals surface area contributed by atoms with Crippen molar-refractivity contribution in [3.8, 4) is 0 Å². The first-order valence-electron chi connectivity index (χ1n) is 15.0. The molecule has 45 heavy (non-hydrogen) atoms. The molecule has 9 heteroatoms. The topological polar surface area (TPSA) is 81.7 Å². The number of nitrogens with zero attached hydrogens (tertiary/aromatic N) is 1. The van der Waals surface area contributed by atoms with E-state index in [0.717, 1.165) is 36.1 Å². The first-order chi connectivity index (χ1) is 21.7. The average Bonchev–Trinajstić information content (AvgIpc) is 3.55. The second-order valence-electron chi connectivity index (χ2n) is 11.3. The van der Waals surface area contributed by atoms with Gasteiger partial charge in [-0.25, -0.2) is 0 Å². The fraction of sp³-hybridized carbons (Fsp3) is 0.278. The van der Waals surface area contributed by atoms with Crippen LogP contribution in [0, 0.1) is 0 Å². The minimum absolute atomic E-state index is 0.0231. The normalized spacial score (nSPS) is 16.3. The number of hydrogen-bond acceptors (Lipinski definition) is 4. The van der Waals surface area contributed by atoms with Gasteiger partial charge in [-0.2, -0.15) is 13.2 Å². The number of amides is 2. The van der Waals surface area contributed by atoms with E-state index in [-0.39, 0.29) is 25.0 Å². The fourth-order valence-electron chi connectivity index (χ4n) is 5.76. The predicted molar refractivity (Wildman–Crippen MR) is 166 cm³/mol. The van der Waals surface area contributed by atoms with Crippen molar-refractivity contribution in [1.29, 1.82) is 0 Å². The van der Waals surface area contributed by atoms with Crippen molar-refractivity contribution in [1.82, 2.24) is 15.5 Å². The number of alkyl halides is 3. The van der Waals surface area contributed by atoms with Gasteiger partial charge in [0.1, 0.15) is 0 Å². The quantitative estimate of drug-likeness (QED) is 0.188. The first-order valence-corrected chi connectivity index (χ1v) is 15.0. The molecule has 3 atom stereocenters. The highest BCUT2D eigenvalue weighted by Gasteiger charge is 2.32. The Morgan fingerprint density at radius 3 is 2.24 bits per heavy atom. The van der Waals surface area contributed by atoms with Gasteiger partial charge in [0, 0.05) is 30.8 Å². The summed E-state index contributed by atoms with van der Waals surface area (Å²) in [5, 5.41) is 17.1. The molecule has 1 fully saturated rings. The number of nitrogens with one attached hydrogen (secondary N) is 2. The van der Waals surface area contributed by atoms with E-state index in [1.54, 1.807) is 30.3 Å². The molecule has 0 aliphatic carbocycles. The number of aliphatic hydroxyl groups excluding tert-OH is 1. The number of benzene rings is 4. The van der Waals surface area contributed by atoms with Crippen LogP contribution in [0.1, 0.15) is 61.9 Å². The smallest absolute Gasteiger partial charge is 0.390 e. The molecule has 4 aromatic carbocycles. The van der Waals surface area contributed by atoms with Gasteiger partial charge in [0.15, 0.2) is 0 Å². The molecule has 0 saturated carbocycles. The summed E-state index contributed by atoms with van der Waals surface area (Å²) >= 11 is 0. The van der Waals surface area contributed by atoms with Gasteiger partial charge >= 0.3 is 6.18 Å². The molecular weight excluding hydrogens is 579 g/mol. The van der Waals surface area contributed by atoms with Crippen molar-refractivity contribution in [2.45, 2.75) is 50.2 Å². The Morgan fingerprint density at radius 1 is 0.844 bits per heavy atom. The van der Waals surface area contributed by atoms with Crippen LogP contribution in [0.2, 0.25) is 0 Å². The summed E-state index contributed by atoms with van der Waals surface area (Å²) < 4.78 is 39.3. The number of aliphatic hydroxyl groups is 1. The van der Waals surface area contributed by atoms with Gasteiger partial charge < -0.3 is 20.6 Å². The molecule has 2 amide bonds. The van der Waals surface area contributed by atoms with E-state index in [0.29, 0.717) is 29.7 Å². The van der Waals surface area contributed by atoms with E-state index in [4.69, 9.17) is 0 Å². The van der Waals surface area contributed by atoms with Crippen LogP contribution in [0.3, 0.4) is 0 Å². The van der Waals surface area contributed by atoms with Gasteiger partial charge in [-0.15, -0.1) is 0 Å². The summed E-state index contributed by atoms with van der Waals surface area (Å²) in [5.41, 5.74) is 2.36. The lowest BCUT2D eigenvalue weighted by molar-refractivity contribution is -0.137. The largest absolute Gasteiger partial charge is 0.416 e. The summed E-state index contributed by atoms with van der Waals surface area (Å²) in [5.74, 6) is -0.584. The molecule has 0 aromatic heterocycles. The highest BCUT2D eigenvalue weighted by atomic mass is 19.4. The van der Waals surface area contributed by atoms with E-state index in [9.17, 15) is 27.9 Å². The Balaban J connectivity index is 1.27. The van der Waals surface area contributed by atoms with Crippen LogP contribution in [0.25, 0.3) is 0 Å². The SMILES string of the molecule is O=C(N[C@@H](Cc1ccccc1)[C@H](O)CNCc1cccc(C(F)(F)F)c1)c1cccc(C(=O)N2CCC[C@@H]2c2ccccc2)c1. The van der Waals surface area contributed by atoms with Gasteiger partial charge in [0.05, 0.1) is 23.8 Å². The third kappa shape index (κ3) is 8.38. The Labute approximate surface area is 260 Å². The van der Waals surface area contributed by atoms with Gasteiger partial charge in [0.25, 0.3) is 11.8 Å². The lowest BCUT2D eigenvalue weighted by Crippen LogP contribution is -2.48. The lowest BCUT2D eigenvalue weighted by Gasteiger charge is -2.26. The fourth-order valence-corrected chi connectivity index (χ4v) is 5.76. The second kappa shape index (κ2) is 14.5. The van der Waals surface area contributed by atoms with Crippen LogP contribution in [-0.4, -0.2) is 47.1 Å². The Kier molecular flexibility index (Phi) is 10.3. The summed E-state index contributed by atoms with van der Waals surface area (Å²) in [6, 6.07) is 30.1. The maximum atomic E-state index is 13.6. The Hall–Kier alpha value is -4.47. The van der Waals surface area contributed by atoms with Crippen LogP contribution in [0.4, 0.5) is 13.2 Å². The number of hydrogen-bond donors (Lipinski definition) is 3. The van der Waals surface area contributed by atoms with Gasteiger partial charge in [0.2, 0.25) is 0 Å². The van der Waals surface area contributed by atoms with Crippen LogP contribution < -0.4 is 10.6 Å². The second-order valence-corrected chi connectivity index (χ2v) is 11.3. The zero-order valence-electron chi connectivity index (χ0n) is 24.7. The standard InChI is InChI=1S/C36H36F3N3O3/c37-36(38,39)30-17-7-12-26(20-30)23-40-24-33(43)31(21-25-10-3-1-4-11-25)41-34(44)28-15-8-16-29(22-28)35(45)42-19-9-18-32(42)27-13-5-2-6-14-27/h1-8,10-17,20,22,31-33,40,43H,9,18-19,21,23-24H2,(H,41,44)/t31-,32+,33+/m0/s1. The highest BCUT2D eigenvalue weighted by molar-refractivity contribution is 6.00. The number of halogens is 3. The molecule has 1 aliphatic rings. The maximum absolute atomic E-state index is 13.6. The molecule has 0 spiro atoms. The third-order valence-electron chi connectivity index (χ3n) is 8.09. The molecule has 1 heterocycles. The van der Waals surface area contributed by atoms with Gasteiger partial charge in [-0.05, 0) is 60.2 Å². The molecule has 0 bridgehead atoms. The van der Waals surface area contributed by atoms with Gasteiger partial charge in [-0.3, -0.25) is 9.59 Å². The molecule has 3 N–H and O–H groups in total. The highest BCUT2D eigenvalue weighted by Crippen LogP contribution is 2.33. The summed E-state index contributed by atoms with van der Waals surface area (Å²) in [6.07, 6.45) is -3.41. The zero-order valence-corrected chi connectivity index (χ0v) is 24.7. The summed E-state index contributed by atoms with van der Waals surface area (Å²) in [7, 11) is 0. The van der Waals surface area contributed by atoms with Crippen LogP contribution in [0.5, 0.6) is 0 Å². The molecule has 234 valence electrons. The van der Waals surface area contributed by atoms with Gasteiger partial charge in [-0.1, -0.05) is 84.9 Å². The summed E-state index contributed by atoms with van der Waals surface area (Å²) in [4.78, 5) is 28.9. The minimum atomic E-state index is -4.44. The number of carbonyl (C=O) groups excluding carboxylic acids is 2. The van der Waals surface area contributed by atoms with E-state index >= 15 is 0 Å². The molecule has 4 aromatic rings. The average molecular weight is 616 g/mol. The van der Waals surface area contributed by atoms with Crippen LogP contribution in [0.15, 0.2) is 109 Å². The predicted octanol–water partition coefficient (Wildman–Crippen LogP) is 6.17. The van der Waals surface area contributed by atoms with Crippen molar-refractivity contribution in [3.63, 3.8) is 0 Å². The van der Waals surface area contributed by atoms with Crippen molar-refractivity contribution < 1.29 is 27.9 Å². The van der Waals surface area contributed by atoms with E-state index in [2.05, 4.69) is 10.6 Å². The van der Waals surface area contributed by atoms with Crippen molar-refractivity contribution in [2.24, 2.45) is 0 Å². The van der Waals surface area contributed by atoms with E-state index < -0.39 is 29.8 Å². The van der Waals surface area contributed by atoms with Crippen LogP contribution >= 0.6 is 0 Å². The third-order valence-corrected chi connectivity index (χ3v) is 8.09. The summed E-state index contributed by atoms with van der Waals surface area (Å²) in [6.45, 7) is 0.771. The number of carbonyl (C=O) groups is 2. The van der Waals surface area contributed by atoms with Crippen molar-refractivity contribution in [3.05, 3.63) is 143 Å². The number of rotatable bonds is 11. The minimum Gasteiger partial charge on any atom is -0.390 e.